The van der Waals surface area contributed by atoms with Crippen LogP contribution in [0, 0.1) is 0 Å². The van der Waals surface area contributed by atoms with E-state index in [1.165, 1.54) is 0 Å². The minimum Gasteiger partial charge on any atom is -0.370 e. The third kappa shape index (κ3) is 2.28. The Bertz CT molecular complexity index is 569. The first-order chi connectivity index (χ1) is 9.18. The van der Waals surface area contributed by atoms with Crippen LogP contribution in [-0.4, -0.2) is 18.5 Å². The smallest absolute Gasteiger partial charge is 0.195 e. The molecule has 2 rings (SSSR count). The number of Topliss-reactive ketones (excluding diaryl/α,β-unsaturated/α-hetero) is 1. The summed E-state index contributed by atoms with van der Waals surface area (Å²) in [6.07, 6.45) is 1.37. The Labute approximate surface area is 114 Å². The van der Waals surface area contributed by atoms with Gasteiger partial charge in [-0.15, -0.1) is 0 Å². The van der Waals surface area contributed by atoms with Crippen LogP contribution in [0.3, 0.4) is 0 Å². The average Bonchev–Trinajstić information content (AvgIpc) is 2.49. The summed E-state index contributed by atoms with van der Waals surface area (Å²) in [5, 5.41) is 2.09. The predicted octanol–water partition coefficient (Wildman–Crippen LogP) is 4.23. The van der Waals surface area contributed by atoms with E-state index in [1.807, 2.05) is 56.3 Å². The second kappa shape index (κ2) is 5.54. The van der Waals surface area contributed by atoms with Crippen molar-refractivity contribution in [1.29, 1.82) is 0 Å². The Morgan fingerprint density at radius 1 is 1.05 bits per heavy atom. The van der Waals surface area contributed by atoms with E-state index >= 15 is 0 Å². The lowest BCUT2D eigenvalue weighted by Gasteiger charge is -2.29. The van der Waals surface area contributed by atoms with Crippen LogP contribution in [0.5, 0.6) is 0 Å². The van der Waals surface area contributed by atoms with Gasteiger partial charge in [-0.2, -0.15) is 0 Å². The first-order valence-electron chi connectivity index (χ1n) is 6.76. The number of methoxy groups -OCH3 is 1. The zero-order chi connectivity index (χ0) is 13.9. The molecule has 2 aromatic rings. The van der Waals surface area contributed by atoms with Crippen LogP contribution in [0.4, 0.5) is 0 Å². The Hall–Kier alpha value is -1.67. The molecular weight excluding hydrogens is 236 g/mol. The van der Waals surface area contributed by atoms with Crippen molar-refractivity contribution in [3.8, 4) is 0 Å². The largest absolute Gasteiger partial charge is 0.370 e. The van der Waals surface area contributed by atoms with Crippen LogP contribution >= 0.6 is 0 Å². The first-order valence-corrected chi connectivity index (χ1v) is 6.76. The van der Waals surface area contributed by atoms with E-state index in [2.05, 4.69) is 0 Å². The van der Waals surface area contributed by atoms with Gasteiger partial charge in [0, 0.05) is 12.7 Å². The fourth-order valence-corrected chi connectivity index (χ4v) is 2.62. The van der Waals surface area contributed by atoms with E-state index in [-0.39, 0.29) is 5.78 Å². The van der Waals surface area contributed by atoms with Crippen LogP contribution in [0.1, 0.15) is 37.0 Å². The van der Waals surface area contributed by atoms with E-state index < -0.39 is 5.60 Å². The van der Waals surface area contributed by atoms with Gasteiger partial charge in [0.2, 0.25) is 0 Å². The molecule has 0 aliphatic carbocycles. The number of hydrogen-bond donors (Lipinski definition) is 0. The molecule has 0 radical (unpaired) electrons. The van der Waals surface area contributed by atoms with Gasteiger partial charge in [-0.3, -0.25) is 4.79 Å². The third-order valence-corrected chi connectivity index (χ3v) is 3.98. The van der Waals surface area contributed by atoms with Crippen LogP contribution < -0.4 is 0 Å². The van der Waals surface area contributed by atoms with Gasteiger partial charge < -0.3 is 4.74 Å². The highest BCUT2D eigenvalue weighted by Crippen LogP contribution is 2.28. The molecule has 0 aromatic heterocycles. The number of rotatable bonds is 5. The van der Waals surface area contributed by atoms with Crippen LogP contribution in [0.15, 0.2) is 42.5 Å². The Balaban J connectivity index is 2.58. The molecule has 0 unspecified atom stereocenters. The van der Waals surface area contributed by atoms with Crippen molar-refractivity contribution in [2.24, 2.45) is 0 Å². The van der Waals surface area contributed by atoms with Gasteiger partial charge in [0.25, 0.3) is 0 Å². The number of fused-ring (bicyclic) bond motifs is 1. The van der Waals surface area contributed by atoms with Crippen molar-refractivity contribution in [2.75, 3.05) is 7.11 Å². The molecule has 0 saturated carbocycles. The molecule has 0 spiro atoms. The summed E-state index contributed by atoms with van der Waals surface area (Å²) >= 11 is 0. The molecule has 0 atom stereocenters. The highest BCUT2D eigenvalue weighted by Gasteiger charge is 2.35. The molecule has 2 heteroatoms. The fraction of sp³-hybridized carbons (Fsp3) is 0.353. The lowest BCUT2D eigenvalue weighted by Crippen LogP contribution is -2.39. The standard InChI is InChI=1S/C17H20O2/c1-4-17(5-2,19-3)16(18)15-12-8-10-13-9-6-7-11-14(13)15/h6-12H,4-5H2,1-3H3. The molecule has 2 nitrogen and oxygen atoms in total. The fourth-order valence-electron chi connectivity index (χ4n) is 2.62. The maximum absolute atomic E-state index is 12.8. The number of carbonyl (C=O) groups excluding carboxylic acids is 1. The zero-order valence-electron chi connectivity index (χ0n) is 11.8. The second-order valence-corrected chi connectivity index (χ2v) is 4.76. The van der Waals surface area contributed by atoms with Gasteiger partial charge in [0.05, 0.1) is 0 Å². The molecule has 0 saturated heterocycles. The van der Waals surface area contributed by atoms with E-state index in [1.54, 1.807) is 7.11 Å². The van der Waals surface area contributed by atoms with Gasteiger partial charge in [-0.05, 0) is 23.6 Å². The van der Waals surface area contributed by atoms with Gasteiger partial charge in [0.15, 0.2) is 5.78 Å². The van der Waals surface area contributed by atoms with Crippen LogP contribution in [0.25, 0.3) is 10.8 Å². The summed E-state index contributed by atoms with van der Waals surface area (Å²) in [6, 6.07) is 13.8. The molecular formula is C17H20O2. The lowest BCUT2D eigenvalue weighted by molar-refractivity contribution is -0.00247. The minimum absolute atomic E-state index is 0.0804. The molecule has 0 aliphatic rings. The van der Waals surface area contributed by atoms with E-state index in [4.69, 9.17) is 4.74 Å². The third-order valence-electron chi connectivity index (χ3n) is 3.98. The summed E-state index contributed by atoms with van der Waals surface area (Å²) < 4.78 is 5.55. The molecule has 0 aliphatic heterocycles. The monoisotopic (exact) mass is 256 g/mol. The van der Waals surface area contributed by atoms with Crippen LogP contribution in [0.2, 0.25) is 0 Å². The summed E-state index contributed by atoms with van der Waals surface area (Å²) in [7, 11) is 1.62. The van der Waals surface area contributed by atoms with E-state index in [9.17, 15) is 4.79 Å². The summed E-state index contributed by atoms with van der Waals surface area (Å²) in [5.74, 6) is 0.0804. The van der Waals surface area contributed by atoms with Crippen LogP contribution in [-0.2, 0) is 4.74 Å². The second-order valence-electron chi connectivity index (χ2n) is 4.76. The Morgan fingerprint density at radius 2 is 1.68 bits per heavy atom. The highest BCUT2D eigenvalue weighted by molar-refractivity contribution is 6.11. The molecule has 0 heterocycles. The highest BCUT2D eigenvalue weighted by atomic mass is 16.5. The number of benzene rings is 2. The normalized spacial score (nSPS) is 11.7. The summed E-state index contributed by atoms with van der Waals surface area (Å²) in [6.45, 7) is 3.99. The lowest BCUT2D eigenvalue weighted by atomic mass is 9.86. The minimum atomic E-state index is -0.704. The summed E-state index contributed by atoms with van der Waals surface area (Å²) in [5.41, 5.74) is 0.0491. The molecule has 2 aromatic carbocycles. The predicted molar refractivity (Wildman–Crippen MR) is 78.6 cm³/mol. The maximum Gasteiger partial charge on any atom is 0.195 e. The molecule has 0 bridgehead atoms. The van der Waals surface area contributed by atoms with Crippen molar-refractivity contribution in [3.05, 3.63) is 48.0 Å². The molecule has 0 fully saturated rings. The maximum atomic E-state index is 12.8. The van der Waals surface area contributed by atoms with E-state index in [0.29, 0.717) is 12.8 Å². The molecule has 0 N–H and O–H groups in total. The Morgan fingerprint density at radius 3 is 2.32 bits per heavy atom. The van der Waals surface area contributed by atoms with Crippen molar-refractivity contribution in [3.63, 3.8) is 0 Å². The van der Waals surface area contributed by atoms with Crippen molar-refractivity contribution >= 4 is 16.6 Å². The van der Waals surface area contributed by atoms with Crippen molar-refractivity contribution in [2.45, 2.75) is 32.3 Å². The quantitative estimate of drug-likeness (QED) is 0.748. The SMILES string of the molecule is CCC(CC)(OC)C(=O)c1cccc2ccccc12. The molecule has 100 valence electrons. The molecule has 19 heavy (non-hydrogen) atoms. The van der Waals surface area contributed by atoms with Gasteiger partial charge in [0.1, 0.15) is 5.60 Å². The number of ketones is 1. The average molecular weight is 256 g/mol. The van der Waals surface area contributed by atoms with Gasteiger partial charge >= 0.3 is 0 Å². The first kappa shape index (κ1) is 13.8. The Kier molecular flexibility index (Phi) is 4.01. The van der Waals surface area contributed by atoms with Crippen molar-refractivity contribution in [1.82, 2.24) is 0 Å². The number of ether oxygens (including phenoxy) is 1. The van der Waals surface area contributed by atoms with Gasteiger partial charge in [-0.1, -0.05) is 56.3 Å². The topological polar surface area (TPSA) is 26.3 Å². The molecule has 0 amide bonds. The van der Waals surface area contributed by atoms with Gasteiger partial charge in [-0.25, -0.2) is 0 Å². The summed E-state index contributed by atoms with van der Waals surface area (Å²) in [4.78, 5) is 12.8. The van der Waals surface area contributed by atoms with E-state index in [0.717, 1.165) is 16.3 Å². The number of carbonyl (C=O) groups is 1. The zero-order valence-corrected chi connectivity index (χ0v) is 11.8. The number of hydrogen-bond acceptors (Lipinski definition) is 2. The van der Waals surface area contributed by atoms with Crippen molar-refractivity contribution < 1.29 is 9.53 Å².